The summed E-state index contributed by atoms with van der Waals surface area (Å²) in [6.45, 7) is 0. The van der Waals surface area contributed by atoms with Crippen LogP contribution in [0.4, 0.5) is 0 Å². The maximum atomic E-state index is 12.3. The summed E-state index contributed by atoms with van der Waals surface area (Å²) in [5, 5.41) is 9.61. The highest BCUT2D eigenvalue weighted by atomic mass is 35.5. The monoisotopic (exact) mass is 400 g/mol. The number of rotatable bonds is 4. The fraction of sp³-hybridized carbons (Fsp3) is 0.471. The van der Waals surface area contributed by atoms with Gasteiger partial charge in [-0.15, -0.1) is 36.2 Å². The summed E-state index contributed by atoms with van der Waals surface area (Å²) in [6, 6.07) is 7.27. The van der Waals surface area contributed by atoms with E-state index in [1.165, 1.54) is 24.2 Å². The number of aromatic nitrogens is 2. The number of hydrogen-bond donors (Lipinski definition) is 2. The molecule has 2 aliphatic rings. The van der Waals surface area contributed by atoms with Crippen molar-refractivity contribution in [1.29, 1.82) is 0 Å². The van der Waals surface area contributed by atoms with Gasteiger partial charge in [0, 0.05) is 29.7 Å². The van der Waals surface area contributed by atoms with Crippen LogP contribution in [0.3, 0.4) is 0 Å². The van der Waals surface area contributed by atoms with Crippen molar-refractivity contribution in [2.24, 2.45) is 0 Å². The Kier molecular flexibility index (Phi) is 7.19. The molecule has 8 heteroatoms. The third kappa shape index (κ3) is 4.91. The molecule has 4 heterocycles. The van der Waals surface area contributed by atoms with Crippen LogP contribution in [0.2, 0.25) is 0 Å². The first kappa shape index (κ1) is 20.1. The van der Waals surface area contributed by atoms with Crippen LogP contribution in [0.1, 0.15) is 31.4 Å². The van der Waals surface area contributed by atoms with Crippen LogP contribution in [-0.4, -0.2) is 34.0 Å². The van der Waals surface area contributed by atoms with Gasteiger partial charge in [-0.3, -0.25) is 9.78 Å². The van der Waals surface area contributed by atoms with E-state index in [1.54, 1.807) is 6.20 Å². The molecule has 0 aliphatic carbocycles. The normalized spacial score (nSPS) is 24.1. The average Bonchev–Trinajstić information content (AvgIpc) is 3.15. The highest BCUT2D eigenvalue weighted by Crippen LogP contribution is 2.27. The number of carbonyl (C=O) groups is 1. The molecule has 4 rings (SSSR count). The van der Waals surface area contributed by atoms with E-state index in [4.69, 9.17) is 0 Å². The van der Waals surface area contributed by atoms with Crippen LogP contribution >= 0.6 is 36.2 Å². The molecule has 2 aliphatic heterocycles. The summed E-state index contributed by atoms with van der Waals surface area (Å²) in [4.78, 5) is 21.1. The summed E-state index contributed by atoms with van der Waals surface area (Å²) in [5.41, 5.74) is 1.68. The number of thiazole rings is 1. The van der Waals surface area contributed by atoms with Crippen molar-refractivity contribution in [2.45, 2.75) is 50.2 Å². The van der Waals surface area contributed by atoms with Crippen molar-refractivity contribution in [2.75, 3.05) is 0 Å². The smallest absolute Gasteiger partial charge is 0.226 e. The van der Waals surface area contributed by atoms with Gasteiger partial charge in [0.15, 0.2) is 0 Å². The number of pyridine rings is 1. The van der Waals surface area contributed by atoms with Gasteiger partial charge in [0.1, 0.15) is 5.01 Å². The molecule has 2 unspecified atom stereocenters. The SMILES string of the molecule is Cl.Cl.O=C(Cc1csc(-c2ccccn2)n1)NC1CC2CCC(C1)N2. The molecular formula is C17H22Cl2N4OS. The lowest BCUT2D eigenvalue weighted by molar-refractivity contribution is -0.121. The molecule has 0 saturated carbocycles. The fourth-order valence-corrected chi connectivity index (χ4v) is 4.41. The van der Waals surface area contributed by atoms with E-state index in [0.29, 0.717) is 24.5 Å². The largest absolute Gasteiger partial charge is 0.353 e. The minimum absolute atomic E-state index is 0. The van der Waals surface area contributed by atoms with Crippen molar-refractivity contribution in [3.63, 3.8) is 0 Å². The first-order valence-corrected chi connectivity index (χ1v) is 9.05. The summed E-state index contributed by atoms with van der Waals surface area (Å²) >= 11 is 1.54. The van der Waals surface area contributed by atoms with Gasteiger partial charge in [-0.25, -0.2) is 4.98 Å². The number of halogens is 2. The number of carbonyl (C=O) groups excluding carboxylic acids is 1. The Hall–Kier alpha value is -1.21. The predicted molar refractivity (Wildman–Crippen MR) is 105 cm³/mol. The van der Waals surface area contributed by atoms with E-state index in [-0.39, 0.29) is 30.7 Å². The molecular weight excluding hydrogens is 379 g/mol. The molecule has 2 fully saturated rings. The van der Waals surface area contributed by atoms with Gasteiger partial charge >= 0.3 is 0 Å². The van der Waals surface area contributed by atoms with E-state index in [9.17, 15) is 4.79 Å². The Labute approximate surface area is 163 Å². The summed E-state index contributed by atoms with van der Waals surface area (Å²) in [5.74, 6) is 0.0779. The van der Waals surface area contributed by atoms with Crippen LogP contribution in [0.15, 0.2) is 29.8 Å². The summed E-state index contributed by atoms with van der Waals surface area (Å²) < 4.78 is 0. The lowest BCUT2D eigenvalue weighted by Crippen LogP contribution is -2.48. The molecule has 2 bridgehead atoms. The quantitative estimate of drug-likeness (QED) is 0.827. The zero-order chi connectivity index (χ0) is 15.6. The third-order valence-corrected chi connectivity index (χ3v) is 5.53. The van der Waals surface area contributed by atoms with Gasteiger partial charge < -0.3 is 10.6 Å². The minimum Gasteiger partial charge on any atom is -0.353 e. The molecule has 2 atom stereocenters. The van der Waals surface area contributed by atoms with Crippen molar-refractivity contribution in [1.82, 2.24) is 20.6 Å². The molecule has 0 spiro atoms. The van der Waals surface area contributed by atoms with Crippen molar-refractivity contribution in [3.8, 4) is 10.7 Å². The highest BCUT2D eigenvalue weighted by Gasteiger charge is 2.33. The molecule has 0 radical (unpaired) electrons. The molecule has 1 amide bonds. The van der Waals surface area contributed by atoms with Crippen LogP contribution in [0.5, 0.6) is 0 Å². The number of amides is 1. The number of nitrogens with zero attached hydrogens (tertiary/aromatic N) is 2. The maximum absolute atomic E-state index is 12.3. The van der Waals surface area contributed by atoms with Crippen molar-refractivity contribution >= 4 is 42.1 Å². The van der Waals surface area contributed by atoms with Gasteiger partial charge in [0.25, 0.3) is 0 Å². The van der Waals surface area contributed by atoms with Crippen molar-refractivity contribution < 1.29 is 4.79 Å². The van der Waals surface area contributed by atoms with Gasteiger partial charge in [0.05, 0.1) is 17.8 Å². The van der Waals surface area contributed by atoms with Crippen LogP contribution < -0.4 is 10.6 Å². The van der Waals surface area contributed by atoms with E-state index < -0.39 is 0 Å². The lowest BCUT2D eigenvalue weighted by atomic mass is 9.99. The Bertz CT molecular complexity index is 685. The van der Waals surface area contributed by atoms with Gasteiger partial charge in [-0.05, 0) is 37.8 Å². The molecule has 5 nitrogen and oxygen atoms in total. The Morgan fingerprint density at radius 3 is 2.68 bits per heavy atom. The summed E-state index contributed by atoms with van der Waals surface area (Å²) in [7, 11) is 0. The van der Waals surface area contributed by atoms with E-state index in [0.717, 1.165) is 29.2 Å². The van der Waals surface area contributed by atoms with Crippen LogP contribution in [-0.2, 0) is 11.2 Å². The first-order valence-electron chi connectivity index (χ1n) is 8.17. The van der Waals surface area contributed by atoms with Crippen LogP contribution in [0, 0.1) is 0 Å². The number of hydrogen-bond acceptors (Lipinski definition) is 5. The molecule has 2 N–H and O–H groups in total. The van der Waals surface area contributed by atoms with Gasteiger partial charge in [0.2, 0.25) is 5.91 Å². The second kappa shape index (κ2) is 8.94. The molecule has 25 heavy (non-hydrogen) atoms. The Morgan fingerprint density at radius 1 is 1.24 bits per heavy atom. The first-order chi connectivity index (χ1) is 11.3. The van der Waals surface area contributed by atoms with Crippen molar-refractivity contribution in [3.05, 3.63) is 35.5 Å². The second-order valence-corrected chi connectivity index (χ2v) is 7.27. The Balaban J connectivity index is 0.00000113. The molecule has 136 valence electrons. The summed E-state index contributed by atoms with van der Waals surface area (Å²) in [6.07, 6.45) is 6.71. The van der Waals surface area contributed by atoms with E-state index in [1.807, 2.05) is 23.6 Å². The zero-order valence-electron chi connectivity index (χ0n) is 13.7. The molecule has 2 aromatic rings. The predicted octanol–water partition coefficient (Wildman–Crippen LogP) is 2.99. The fourth-order valence-electron chi connectivity index (χ4n) is 3.61. The third-order valence-electron chi connectivity index (χ3n) is 4.62. The Morgan fingerprint density at radius 2 is 2.00 bits per heavy atom. The standard InChI is InChI=1S/C17H20N4OS.2ClH/c22-16(20-13-7-11-4-5-12(8-13)19-11)9-14-10-23-17(21-14)15-3-1-2-6-18-15;;/h1-3,6,10-13,19H,4-5,7-9H2,(H,20,22);2*1H. The van der Waals surface area contributed by atoms with E-state index >= 15 is 0 Å². The minimum atomic E-state index is 0. The number of fused-ring (bicyclic) bond motifs is 2. The maximum Gasteiger partial charge on any atom is 0.226 e. The second-order valence-electron chi connectivity index (χ2n) is 6.41. The number of piperidine rings is 1. The van der Waals surface area contributed by atoms with Gasteiger partial charge in [-0.1, -0.05) is 6.07 Å². The lowest BCUT2D eigenvalue weighted by Gasteiger charge is -2.29. The highest BCUT2D eigenvalue weighted by molar-refractivity contribution is 7.13. The molecule has 0 aromatic carbocycles. The topological polar surface area (TPSA) is 66.9 Å². The molecule has 2 saturated heterocycles. The number of nitrogens with one attached hydrogen (secondary N) is 2. The van der Waals surface area contributed by atoms with Crippen LogP contribution in [0.25, 0.3) is 10.7 Å². The average molecular weight is 401 g/mol. The molecule has 2 aromatic heterocycles. The van der Waals surface area contributed by atoms with Gasteiger partial charge in [-0.2, -0.15) is 0 Å². The zero-order valence-corrected chi connectivity index (χ0v) is 16.1. The van der Waals surface area contributed by atoms with E-state index in [2.05, 4.69) is 20.6 Å².